The Morgan fingerprint density at radius 3 is 1.63 bits per heavy atom. The molecule has 4 aromatic rings. The van der Waals surface area contributed by atoms with Crippen molar-refractivity contribution >= 4 is 5.78 Å². The lowest BCUT2D eigenvalue weighted by Crippen LogP contribution is -2.37. The summed E-state index contributed by atoms with van der Waals surface area (Å²) in [6.07, 6.45) is 4.18. The average Bonchev–Trinajstić information content (AvgIpc) is 3.27. The van der Waals surface area contributed by atoms with Gasteiger partial charge in [-0.2, -0.15) is 0 Å². The number of nitrogens with zero attached hydrogens (tertiary/aromatic N) is 2. The van der Waals surface area contributed by atoms with Crippen molar-refractivity contribution in [1.29, 1.82) is 0 Å². The minimum atomic E-state index is -0.632. The van der Waals surface area contributed by atoms with Gasteiger partial charge in [-0.25, -0.2) is 4.98 Å². The van der Waals surface area contributed by atoms with Gasteiger partial charge in [0.05, 0.1) is 6.33 Å². The van der Waals surface area contributed by atoms with Crippen molar-refractivity contribution in [2.75, 3.05) is 0 Å². The molecule has 0 spiro atoms. The van der Waals surface area contributed by atoms with Crippen molar-refractivity contribution in [3.63, 3.8) is 0 Å². The summed E-state index contributed by atoms with van der Waals surface area (Å²) in [5.41, 5.74) is 3.22. The van der Waals surface area contributed by atoms with E-state index in [0.29, 0.717) is 18.0 Å². The predicted octanol–water partition coefficient (Wildman–Crippen LogP) is 5.95. The zero-order chi connectivity index (χ0) is 21.0. The van der Waals surface area contributed by atoms with E-state index in [-0.39, 0.29) is 5.78 Å². The third-order valence-electron chi connectivity index (χ3n) is 5.42. The Morgan fingerprint density at radius 1 is 0.800 bits per heavy atom. The normalized spacial score (nSPS) is 11.6. The standard InChI is InChI=1S/C27H26N2O/c1-21(2)18-26(30)25-19-29(20-28-25)27(22-12-6-3-7-13-22,23-14-8-4-9-15-23)24-16-10-5-11-17-24/h3-17,19-21H,18H2,1-2H3. The van der Waals surface area contributed by atoms with Crippen molar-refractivity contribution in [2.45, 2.75) is 25.8 Å². The van der Waals surface area contributed by atoms with Gasteiger partial charge in [0.2, 0.25) is 0 Å². The average molecular weight is 395 g/mol. The first-order chi connectivity index (χ1) is 14.6. The van der Waals surface area contributed by atoms with Crippen LogP contribution in [0, 0.1) is 5.92 Å². The third kappa shape index (κ3) is 3.59. The topological polar surface area (TPSA) is 34.9 Å². The van der Waals surface area contributed by atoms with E-state index in [1.54, 1.807) is 6.33 Å². The number of Topliss-reactive ketones (excluding diaryl/α,β-unsaturated/α-hetero) is 1. The van der Waals surface area contributed by atoms with Crippen LogP contribution >= 0.6 is 0 Å². The summed E-state index contributed by atoms with van der Waals surface area (Å²) in [7, 11) is 0. The van der Waals surface area contributed by atoms with Crippen molar-refractivity contribution in [3.05, 3.63) is 126 Å². The Hall–Kier alpha value is -3.46. The maximum Gasteiger partial charge on any atom is 0.183 e. The number of carbonyl (C=O) groups is 1. The summed E-state index contributed by atoms with van der Waals surface area (Å²) in [6.45, 7) is 4.11. The van der Waals surface area contributed by atoms with E-state index in [9.17, 15) is 4.79 Å². The van der Waals surface area contributed by atoms with Crippen LogP contribution in [-0.2, 0) is 5.54 Å². The van der Waals surface area contributed by atoms with Gasteiger partial charge in [-0.05, 0) is 22.6 Å². The second-order valence-corrected chi connectivity index (χ2v) is 8.00. The second-order valence-electron chi connectivity index (χ2n) is 8.00. The monoisotopic (exact) mass is 394 g/mol. The van der Waals surface area contributed by atoms with Gasteiger partial charge in [-0.1, -0.05) is 105 Å². The molecular weight excluding hydrogens is 368 g/mol. The minimum Gasteiger partial charge on any atom is -0.318 e. The fraction of sp³-hybridized carbons (Fsp3) is 0.185. The van der Waals surface area contributed by atoms with E-state index in [1.165, 1.54) is 0 Å². The van der Waals surface area contributed by atoms with Gasteiger partial charge in [-0.15, -0.1) is 0 Å². The molecule has 0 radical (unpaired) electrons. The number of rotatable bonds is 7. The SMILES string of the molecule is CC(C)CC(=O)c1cn(C(c2ccccc2)(c2ccccc2)c2ccccc2)cn1. The number of benzene rings is 3. The molecule has 0 saturated heterocycles. The molecule has 0 unspecified atom stereocenters. The number of ketones is 1. The summed E-state index contributed by atoms with van der Waals surface area (Å²) in [5.74, 6) is 0.372. The number of imidazole rings is 1. The van der Waals surface area contributed by atoms with Gasteiger partial charge in [0.25, 0.3) is 0 Å². The van der Waals surface area contributed by atoms with Gasteiger partial charge in [0.15, 0.2) is 5.78 Å². The van der Waals surface area contributed by atoms with Gasteiger partial charge in [0, 0.05) is 12.6 Å². The van der Waals surface area contributed by atoms with E-state index in [4.69, 9.17) is 0 Å². The molecule has 0 fully saturated rings. The summed E-state index contributed by atoms with van der Waals surface area (Å²) in [6, 6.07) is 31.2. The highest BCUT2D eigenvalue weighted by Gasteiger charge is 2.38. The predicted molar refractivity (Wildman–Crippen MR) is 121 cm³/mol. The molecule has 0 aliphatic carbocycles. The summed E-state index contributed by atoms with van der Waals surface area (Å²) >= 11 is 0. The van der Waals surface area contributed by atoms with Crippen molar-refractivity contribution in [2.24, 2.45) is 5.92 Å². The quantitative estimate of drug-likeness (QED) is 0.287. The molecule has 0 bridgehead atoms. The number of hydrogen-bond donors (Lipinski definition) is 0. The van der Waals surface area contributed by atoms with Gasteiger partial charge in [-0.3, -0.25) is 4.79 Å². The molecule has 0 N–H and O–H groups in total. The molecule has 0 aliphatic rings. The van der Waals surface area contributed by atoms with Gasteiger partial charge >= 0.3 is 0 Å². The maximum absolute atomic E-state index is 12.7. The Morgan fingerprint density at radius 2 is 1.23 bits per heavy atom. The van der Waals surface area contributed by atoms with Crippen molar-refractivity contribution < 1.29 is 4.79 Å². The summed E-state index contributed by atoms with van der Waals surface area (Å²) in [4.78, 5) is 17.3. The lowest BCUT2D eigenvalue weighted by Gasteiger charge is -2.37. The number of aromatic nitrogens is 2. The molecule has 30 heavy (non-hydrogen) atoms. The van der Waals surface area contributed by atoms with Crippen molar-refractivity contribution in [3.8, 4) is 0 Å². The smallest absolute Gasteiger partial charge is 0.183 e. The van der Waals surface area contributed by atoms with E-state index >= 15 is 0 Å². The molecule has 150 valence electrons. The third-order valence-corrected chi connectivity index (χ3v) is 5.42. The van der Waals surface area contributed by atoms with E-state index in [1.807, 2.05) is 24.4 Å². The number of hydrogen-bond acceptors (Lipinski definition) is 2. The molecule has 4 rings (SSSR count). The van der Waals surface area contributed by atoms with Crippen molar-refractivity contribution in [1.82, 2.24) is 9.55 Å². The van der Waals surface area contributed by atoms with E-state index in [0.717, 1.165) is 16.7 Å². The van der Waals surface area contributed by atoms with Crippen LogP contribution in [-0.4, -0.2) is 15.3 Å². The van der Waals surface area contributed by atoms with Crippen LogP contribution in [0.1, 0.15) is 47.4 Å². The largest absolute Gasteiger partial charge is 0.318 e. The highest BCUT2D eigenvalue weighted by Crippen LogP contribution is 2.40. The summed E-state index contributed by atoms with van der Waals surface area (Å²) in [5, 5.41) is 0. The van der Waals surface area contributed by atoms with Crippen LogP contribution in [0.5, 0.6) is 0 Å². The van der Waals surface area contributed by atoms with Crippen LogP contribution in [0.3, 0.4) is 0 Å². The first-order valence-corrected chi connectivity index (χ1v) is 10.4. The Labute approximate surface area is 178 Å². The molecule has 0 amide bonds. The van der Waals surface area contributed by atoms with Crippen LogP contribution < -0.4 is 0 Å². The molecule has 3 nitrogen and oxygen atoms in total. The summed E-state index contributed by atoms with van der Waals surface area (Å²) < 4.78 is 2.08. The lowest BCUT2D eigenvalue weighted by atomic mass is 9.77. The Kier molecular flexibility index (Phi) is 5.62. The van der Waals surface area contributed by atoms with Crippen LogP contribution in [0.4, 0.5) is 0 Å². The fourth-order valence-corrected chi connectivity index (χ4v) is 4.11. The van der Waals surface area contributed by atoms with E-state index < -0.39 is 5.54 Å². The zero-order valence-electron chi connectivity index (χ0n) is 17.4. The highest BCUT2D eigenvalue weighted by atomic mass is 16.1. The molecule has 1 aromatic heterocycles. The van der Waals surface area contributed by atoms with Gasteiger partial charge < -0.3 is 4.57 Å². The maximum atomic E-state index is 12.7. The molecule has 1 heterocycles. The lowest BCUT2D eigenvalue weighted by molar-refractivity contribution is 0.0963. The van der Waals surface area contributed by atoms with Crippen LogP contribution in [0.2, 0.25) is 0 Å². The Bertz CT molecular complexity index is 1000. The number of carbonyl (C=O) groups excluding carboxylic acids is 1. The molecule has 3 heteroatoms. The fourth-order valence-electron chi connectivity index (χ4n) is 4.11. The van der Waals surface area contributed by atoms with Crippen LogP contribution in [0.25, 0.3) is 0 Å². The molecule has 0 aliphatic heterocycles. The van der Waals surface area contributed by atoms with Crippen LogP contribution in [0.15, 0.2) is 104 Å². The molecular formula is C27H26N2O. The second kappa shape index (κ2) is 8.50. The first kappa shape index (κ1) is 19.8. The molecule has 0 saturated carbocycles. The minimum absolute atomic E-state index is 0.0758. The highest BCUT2D eigenvalue weighted by molar-refractivity contribution is 5.94. The molecule has 3 aromatic carbocycles. The first-order valence-electron chi connectivity index (χ1n) is 10.4. The van der Waals surface area contributed by atoms with E-state index in [2.05, 4.69) is 96.2 Å². The molecule has 0 atom stereocenters. The Balaban J connectivity index is 1.99. The zero-order valence-corrected chi connectivity index (χ0v) is 17.4. The van der Waals surface area contributed by atoms with Gasteiger partial charge in [0.1, 0.15) is 11.2 Å².